The number of carbonyl (C=O) groups excluding carboxylic acids is 2. The van der Waals surface area contributed by atoms with E-state index < -0.39 is 0 Å². The summed E-state index contributed by atoms with van der Waals surface area (Å²) < 4.78 is 5.22. The van der Waals surface area contributed by atoms with Crippen LogP contribution in [-0.2, 0) is 20.9 Å². The number of ether oxygens (including phenoxy) is 1. The zero-order chi connectivity index (χ0) is 23.2. The van der Waals surface area contributed by atoms with Gasteiger partial charge in [0.2, 0.25) is 5.91 Å². The van der Waals surface area contributed by atoms with Crippen LogP contribution in [0.5, 0.6) is 0 Å². The molecule has 3 atom stereocenters. The molecular formula is C27H33ClN2O3. The Balaban J connectivity index is 1.48. The van der Waals surface area contributed by atoms with Gasteiger partial charge < -0.3 is 9.64 Å². The molecule has 0 spiro atoms. The van der Waals surface area contributed by atoms with Gasteiger partial charge in [-0.1, -0.05) is 54.1 Å². The van der Waals surface area contributed by atoms with Crippen LogP contribution in [0.15, 0.2) is 54.6 Å². The van der Waals surface area contributed by atoms with Crippen LogP contribution in [0.3, 0.4) is 0 Å². The van der Waals surface area contributed by atoms with Gasteiger partial charge in [0.1, 0.15) is 0 Å². The molecule has 2 aliphatic rings. The molecule has 0 saturated carbocycles. The minimum Gasteiger partial charge on any atom is -0.466 e. The fraction of sp³-hybridized carbons (Fsp3) is 0.481. The summed E-state index contributed by atoms with van der Waals surface area (Å²) >= 11 is 6.24. The molecular weight excluding hydrogens is 436 g/mol. The summed E-state index contributed by atoms with van der Waals surface area (Å²) in [5.74, 6) is -0.270. The highest BCUT2D eigenvalue weighted by molar-refractivity contribution is 6.30. The van der Waals surface area contributed by atoms with E-state index in [0.717, 1.165) is 49.4 Å². The first-order valence-corrected chi connectivity index (χ1v) is 12.4. The van der Waals surface area contributed by atoms with Crippen molar-refractivity contribution < 1.29 is 14.3 Å². The number of nitrogens with zero attached hydrogens (tertiary/aromatic N) is 2. The normalized spacial score (nSPS) is 23.8. The van der Waals surface area contributed by atoms with Crippen LogP contribution >= 0.6 is 11.6 Å². The van der Waals surface area contributed by atoms with E-state index >= 15 is 0 Å². The number of rotatable bonds is 6. The van der Waals surface area contributed by atoms with Crippen LogP contribution in [0.2, 0.25) is 5.02 Å². The zero-order valence-corrected chi connectivity index (χ0v) is 20.0. The molecule has 0 N–H and O–H groups in total. The zero-order valence-electron chi connectivity index (χ0n) is 19.3. The standard InChI is InChI=1S/C27H33ClN2O3/c1-2-33-27(32)23-11-7-15-29(19-23)26(31)22-13-14-25(21-9-4-3-5-10-21)30(18-22)17-20-8-6-12-24(28)16-20/h3-6,8-10,12,16,22-23,25H,2,7,11,13-15,17-19H2,1H3. The molecule has 5 nitrogen and oxygen atoms in total. The summed E-state index contributed by atoms with van der Waals surface area (Å²) in [7, 11) is 0. The van der Waals surface area contributed by atoms with E-state index in [1.807, 2.05) is 36.1 Å². The Hall–Kier alpha value is -2.37. The fourth-order valence-corrected chi connectivity index (χ4v) is 5.44. The Morgan fingerprint density at radius 2 is 1.82 bits per heavy atom. The summed E-state index contributed by atoms with van der Waals surface area (Å²) in [5.41, 5.74) is 2.43. The first-order chi connectivity index (χ1) is 16.0. The number of carbonyl (C=O) groups is 2. The quantitative estimate of drug-likeness (QED) is 0.554. The van der Waals surface area contributed by atoms with Crippen LogP contribution < -0.4 is 0 Å². The molecule has 33 heavy (non-hydrogen) atoms. The van der Waals surface area contributed by atoms with Gasteiger partial charge in [0, 0.05) is 37.2 Å². The number of piperidine rings is 2. The van der Waals surface area contributed by atoms with E-state index in [1.165, 1.54) is 5.56 Å². The lowest BCUT2D eigenvalue weighted by Gasteiger charge is -2.42. The largest absolute Gasteiger partial charge is 0.466 e. The van der Waals surface area contributed by atoms with Gasteiger partial charge in [-0.15, -0.1) is 0 Å². The van der Waals surface area contributed by atoms with Gasteiger partial charge >= 0.3 is 5.97 Å². The Kier molecular flexibility index (Phi) is 8.05. The highest BCUT2D eigenvalue weighted by atomic mass is 35.5. The summed E-state index contributed by atoms with van der Waals surface area (Å²) in [5, 5.41) is 0.728. The van der Waals surface area contributed by atoms with Crippen molar-refractivity contribution in [3.8, 4) is 0 Å². The third kappa shape index (κ3) is 5.96. The van der Waals surface area contributed by atoms with Crippen LogP contribution in [0, 0.1) is 11.8 Å². The van der Waals surface area contributed by atoms with Crippen molar-refractivity contribution >= 4 is 23.5 Å². The van der Waals surface area contributed by atoms with Crippen LogP contribution in [0.1, 0.15) is 49.8 Å². The highest BCUT2D eigenvalue weighted by Crippen LogP contribution is 2.36. The Morgan fingerprint density at radius 3 is 2.58 bits per heavy atom. The summed E-state index contributed by atoms with van der Waals surface area (Å²) in [4.78, 5) is 30.1. The summed E-state index contributed by atoms with van der Waals surface area (Å²) in [6, 6.07) is 18.8. The smallest absolute Gasteiger partial charge is 0.310 e. The third-order valence-corrected chi connectivity index (χ3v) is 7.08. The third-order valence-electron chi connectivity index (χ3n) is 6.85. The lowest BCUT2D eigenvalue weighted by atomic mass is 9.87. The molecule has 2 fully saturated rings. The van der Waals surface area contributed by atoms with E-state index in [9.17, 15) is 9.59 Å². The van der Waals surface area contributed by atoms with Gasteiger partial charge in [0.05, 0.1) is 18.4 Å². The van der Waals surface area contributed by atoms with Gasteiger partial charge in [-0.05, 0) is 55.9 Å². The van der Waals surface area contributed by atoms with Gasteiger partial charge in [0.15, 0.2) is 0 Å². The monoisotopic (exact) mass is 468 g/mol. The summed E-state index contributed by atoms with van der Waals surface area (Å²) in [6.07, 6.45) is 3.42. The highest BCUT2D eigenvalue weighted by Gasteiger charge is 2.37. The first kappa shape index (κ1) is 23.8. The van der Waals surface area contributed by atoms with Gasteiger partial charge in [-0.3, -0.25) is 14.5 Å². The molecule has 2 aliphatic heterocycles. The number of hydrogen-bond donors (Lipinski definition) is 0. The van der Waals surface area contributed by atoms with E-state index in [0.29, 0.717) is 19.7 Å². The minimum atomic E-state index is -0.203. The summed E-state index contributed by atoms with van der Waals surface area (Å²) in [6.45, 7) is 4.85. The van der Waals surface area contributed by atoms with Gasteiger partial charge in [-0.25, -0.2) is 0 Å². The number of hydrogen-bond acceptors (Lipinski definition) is 4. The molecule has 3 unspecified atom stereocenters. The number of likely N-dealkylation sites (tertiary alicyclic amines) is 2. The predicted molar refractivity (Wildman–Crippen MR) is 130 cm³/mol. The molecule has 2 heterocycles. The number of halogens is 1. The van der Waals surface area contributed by atoms with Crippen molar-refractivity contribution in [3.05, 3.63) is 70.7 Å². The molecule has 0 aromatic heterocycles. The average Bonchev–Trinajstić information content (AvgIpc) is 2.84. The Morgan fingerprint density at radius 1 is 1.00 bits per heavy atom. The maximum Gasteiger partial charge on any atom is 0.310 e. The topological polar surface area (TPSA) is 49.9 Å². The number of benzene rings is 2. The van der Waals surface area contributed by atoms with E-state index in [2.05, 4.69) is 35.2 Å². The number of amides is 1. The lowest BCUT2D eigenvalue weighted by Crippen LogP contribution is -2.49. The second-order valence-electron chi connectivity index (χ2n) is 9.14. The maximum atomic E-state index is 13.5. The van der Waals surface area contributed by atoms with E-state index in [1.54, 1.807) is 0 Å². The SMILES string of the molecule is CCOC(=O)C1CCCN(C(=O)C2CCC(c3ccccc3)N(Cc3cccc(Cl)c3)C2)C1. The van der Waals surface area contributed by atoms with Crippen molar-refractivity contribution in [1.82, 2.24) is 9.80 Å². The predicted octanol–water partition coefficient (Wildman–Crippen LogP) is 5.10. The van der Waals surface area contributed by atoms with Crippen molar-refractivity contribution in [2.75, 3.05) is 26.2 Å². The van der Waals surface area contributed by atoms with Crippen LogP contribution in [0.25, 0.3) is 0 Å². The molecule has 0 aliphatic carbocycles. The van der Waals surface area contributed by atoms with E-state index in [-0.39, 0.29) is 29.8 Å². The minimum absolute atomic E-state index is 0.0647. The average molecular weight is 469 g/mol. The fourth-order valence-electron chi connectivity index (χ4n) is 5.23. The van der Waals surface area contributed by atoms with Crippen molar-refractivity contribution in [3.63, 3.8) is 0 Å². The molecule has 0 bridgehead atoms. The Labute approximate surface area is 201 Å². The molecule has 4 rings (SSSR count). The first-order valence-electron chi connectivity index (χ1n) is 12.0. The molecule has 1 amide bonds. The van der Waals surface area contributed by atoms with E-state index in [4.69, 9.17) is 16.3 Å². The number of esters is 1. The Bertz CT molecular complexity index is 951. The van der Waals surface area contributed by atoms with Crippen LogP contribution in [0.4, 0.5) is 0 Å². The molecule has 176 valence electrons. The van der Waals surface area contributed by atoms with Gasteiger partial charge in [-0.2, -0.15) is 0 Å². The second kappa shape index (κ2) is 11.2. The molecule has 2 saturated heterocycles. The van der Waals surface area contributed by atoms with Crippen LogP contribution in [-0.4, -0.2) is 47.9 Å². The second-order valence-corrected chi connectivity index (χ2v) is 9.57. The van der Waals surface area contributed by atoms with Gasteiger partial charge in [0.25, 0.3) is 0 Å². The lowest BCUT2D eigenvalue weighted by molar-refractivity contribution is -0.152. The van der Waals surface area contributed by atoms with Crippen molar-refractivity contribution in [2.45, 2.75) is 45.2 Å². The maximum absolute atomic E-state index is 13.5. The molecule has 0 radical (unpaired) electrons. The molecule has 2 aromatic rings. The van der Waals surface area contributed by atoms with Crippen molar-refractivity contribution in [1.29, 1.82) is 0 Å². The van der Waals surface area contributed by atoms with Crippen molar-refractivity contribution in [2.24, 2.45) is 11.8 Å². The molecule has 6 heteroatoms. The molecule has 2 aromatic carbocycles.